The molecule has 0 atom stereocenters. The smallest absolute Gasteiger partial charge is 0.230 e. The fraction of sp³-hybridized carbons (Fsp3) is 0.188. The van der Waals surface area contributed by atoms with Crippen LogP contribution in [0.1, 0.15) is 25.3 Å². The first-order chi connectivity index (χ1) is 9.16. The molecule has 1 aromatic heterocycles. The summed E-state index contributed by atoms with van der Waals surface area (Å²) in [6, 6.07) is 12.4. The van der Waals surface area contributed by atoms with E-state index in [1.165, 1.54) is 6.07 Å². The molecule has 0 fully saturated rings. The molecule has 19 heavy (non-hydrogen) atoms. The molecule has 0 bridgehead atoms. The Hall–Kier alpha value is -2.16. The average Bonchev–Trinajstić information content (AvgIpc) is 2.82. The standard InChI is InChI=1S/C16H14FNO/c1-10(2)11-7-5-9-14-15(11)19-16(18-14)12-6-3-4-8-13(12)17/h3-10H,1-2H3. The molecule has 0 saturated heterocycles. The Bertz CT molecular complexity index is 730. The second kappa shape index (κ2) is 4.50. The molecular formula is C16H14FNO. The lowest BCUT2D eigenvalue weighted by Gasteiger charge is -2.03. The minimum Gasteiger partial charge on any atom is -0.436 e. The minimum atomic E-state index is -0.319. The average molecular weight is 255 g/mol. The topological polar surface area (TPSA) is 26.0 Å². The summed E-state index contributed by atoms with van der Waals surface area (Å²) in [6.45, 7) is 4.19. The van der Waals surface area contributed by atoms with Crippen LogP contribution in [0.5, 0.6) is 0 Å². The van der Waals surface area contributed by atoms with Crippen LogP contribution in [0, 0.1) is 5.82 Å². The first kappa shape index (κ1) is 11.9. The van der Waals surface area contributed by atoms with Gasteiger partial charge in [0.15, 0.2) is 5.58 Å². The van der Waals surface area contributed by atoms with Gasteiger partial charge in [-0.15, -0.1) is 0 Å². The van der Waals surface area contributed by atoms with Gasteiger partial charge in [0.25, 0.3) is 0 Å². The highest BCUT2D eigenvalue weighted by atomic mass is 19.1. The monoisotopic (exact) mass is 255 g/mol. The Kier molecular flexibility index (Phi) is 2.82. The normalized spacial score (nSPS) is 11.4. The van der Waals surface area contributed by atoms with Crippen molar-refractivity contribution in [1.29, 1.82) is 0 Å². The highest BCUT2D eigenvalue weighted by molar-refractivity contribution is 5.79. The highest BCUT2D eigenvalue weighted by Gasteiger charge is 2.15. The SMILES string of the molecule is CC(C)c1cccc2nc(-c3ccccc3F)oc12. The Balaban J connectivity index is 2.23. The van der Waals surface area contributed by atoms with E-state index in [4.69, 9.17) is 4.42 Å². The molecule has 0 unspecified atom stereocenters. The number of hydrogen-bond acceptors (Lipinski definition) is 2. The number of hydrogen-bond donors (Lipinski definition) is 0. The van der Waals surface area contributed by atoms with Gasteiger partial charge in [0, 0.05) is 0 Å². The molecule has 1 heterocycles. The maximum absolute atomic E-state index is 13.8. The lowest BCUT2D eigenvalue weighted by molar-refractivity contribution is 0.589. The quantitative estimate of drug-likeness (QED) is 0.660. The third-order valence-corrected chi connectivity index (χ3v) is 3.17. The number of para-hydroxylation sites is 1. The third kappa shape index (κ3) is 2.01. The first-order valence-corrected chi connectivity index (χ1v) is 6.31. The lowest BCUT2D eigenvalue weighted by atomic mass is 10.0. The van der Waals surface area contributed by atoms with Crippen LogP contribution in [0.15, 0.2) is 46.9 Å². The van der Waals surface area contributed by atoms with Crippen molar-refractivity contribution < 1.29 is 8.81 Å². The predicted molar refractivity (Wildman–Crippen MR) is 73.5 cm³/mol. The van der Waals surface area contributed by atoms with Crippen molar-refractivity contribution in [3.63, 3.8) is 0 Å². The highest BCUT2D eigenvalue weighted by Crippen LogP contribution is 2.30. The minimum absolute atomic E-state index is 0.319. The number of rotatable bonds is 2. The van der Waals surface area contributed by atoms with Crippen molar-refractivity contribution in [2.45, 2.75) is 19.8 Å². The first-order valence-electron chi connectivity index (χ1n) is 6.31. The summed E-state index contributed by atoms with van der Waals surface area (Å²) >= 11 is 0. The van der Waals surface area contributed by atoms with Crippen LogP contribution in [0.3, 0.4) is 0 Å². The third-order valence-electron chi connectivity index (χ3n) is 3.17. The molecule has 2 nitrogen and oxygen atoms in total. The van der Waals surface area contributed by atoms with Gasteiger partial charge in [0.2, 0.25) is 5.89 Å². The molecule has 0 radical (unpaired) electrons. The lowest BCUT2D eigenvalue weighted by Crippen LogP contribution is -1.86. The van der Waals surface area contributed by atoms with Gasteiger partial charge < -0.3 is 4.42 Å². The van der Waals surface area contributed by atoms with Crippen molar-refractivity contribution in [1.82, 2.24) is 4.98 Å². The number of benzene rings is 2. The number of aromatic nitrogens is 1. The largest absolute Gasteiger partial charge is 0.436 e. The Morgan fingerprint density at radius 1 is 1.05 bits per heavy atom. The van der Waals surface area contributed by atoms with E-state index < -0.39 is 0 Å². The maximum Gasteiger partial charge on any atom is 0.230 e. The second-order valence-electron chi connectivity index (χ2n) is 4.85. The Morgan fingerprint density at radius 2 is 1.84 bits per heavy atom. The molecule has 96 valence electrons. The van der Waals surface area contributed by atoms with Crippen LogP contribution in [-0.4, -0.2) is 4.98 Å². The van der Waals surface area contributed by atoms with Gasteiger partial charge in [0.05, 0.1) is 5.56 Å². The molecule has 0 N–H and O–H groups in total. The Morgan fingerprint density at radius 3 is 2.58 bits per heavy atom. The number of fused-ring (bicyclic) bond motifs is 1. The molecule has 2 aromatic carbocycles. The van der Waals surface area contributed by atoms with E-state index in [-0.39, 0.29) is 5.82 Å². The van der Waals surface area contributed by atoms with Crippen molar-refractivity contribution in [2.24, 2.45) is 0 Å². The van der Waals surface area contributed by atoms with Crippen LogP contribution >= 0.6 is 0 Å². The van der Waals surface area contributed by atoms with Crippen molar-refractivity contribution >= 4 is 11.1 Å². The second-order valence-corrected chi connectivity index (χ2v) is 4.85. The van der Waals surface area contributed by atoms with E-state index in [9.17, 15) is 4.39 Å². The zero-order chi connectivity index (χ0) is 13.4. The molecule has 0 saturated carbocycles. The van der Waals surface area contributed by atoms with E-state index in [1.54, 1.807) is 18.2 Å². The van der Waals surface area contributed by atoms with E-state index >= 15 is 0 Å². The van der Waals surface area contributed by atoms with Gasteiger partial charge in [-0.25, -0.2) is 9.37 Å². The summed E-state index contributed by atoms with van der Waals surface area (Å²) in [4.78, 5) is 4.38. The fourth-order valence-corrected chi connectivity index (χ4v) is 2.17. The summed E-state index contributed by atoms with van der Waals surface area (Å²) in [5.74, 6) is 0.353. The molecule has 3 rings (SSSR count). The van der Waals surface area contributed by atoms with E-state index in [0.29, 0.717) is 17.4 Å². The summed E-state index contributed by atoms with van der Waals surface area (Å²) in [5.41, 5.74) is 3.00. The zero-order valence-corrected chi connectivity index (χ0v) is 10.9. The zero-order valence-electron chi connectivity index (χ0n) is 10.9. The molecule has 0 aliphatic rings. The van der Waals surface area contributed by atoms with Gasteiger partial charge in [-0.3, -0.25) is 0 Å². The summed E-state index contributed by atoms with van der Waals surface area (Å²) < 4.78 is 19.5. The van der Waals surface area contributed by atoms with Crippen molar-refractivity contribution in [3.05, 3.63) is 53.8 Å². The number of nitrogens with zero attached hydrogens (tertiary/aromatic N) is 1. The molecular weight excluding hydrogens is 241 g/mol. The van der Waals surface area contributed by atoms with Gasteiger partial charge in [0.1, 0.15) is 11.3 Å². The summed E-state index contributed by atoms with van der Waals surface area (Å²) in [5, 5.41) is 0. The molecule has 0 amide bonds. The van der Waals surface area contributed by atoms with Crippen LogP contribution in [0.4, 0.5) is 4.39 Å². The number of oxazole rings is 1. The summed E-state index contributed by atoms with van der Waals surface area (Å²) in [6.07, 6.45) is 0. The molecule has 3 heteroatoms. The molecule has 3 aromatic rings. The van der Waals surface area contributed by atoms with Gasteiger partial charge in [-0.2, -0.15) is 0 Å². The van der Waals surface area contributed by atoms with E-state index in [0.717, 1.165) is 16.7 Å². The maximum atomic E-state index is 13.8. The fourth-order valence-electron chi connectivity index (χ4n) is 2.17. The van der Waals surface area contributed by atoms with Gasteiger partial charge >= 0.3 is 0 Å². The van der Waals surface area contributed by atoms with Crippen LogP contribution < -0.4 is 0 Å². The van der Waals surface area contributed by atoms with E-state index in [1.807, 2.05) is 18.2 Å². The number of halogens is 1. The molecule has 0 aliphatic heterocycles. The Labute approximate surface area is 110 Å². The van der Waals surface area contributed by atoms with Crippen molar-refractivity contribution in [3.8, 4) is 11.5 Å². The van der Waals surface area contributed by atoms with Crippen LogP contribution in [0.2, 0.25) is 0 Å². The van der Waals surface area contributed by atoms with Crippen molar-refractivity contribution in [2.75, 3.05) is 0 Å². The van der Waals surface area contributed by atoms with Crippen LogP contribution in [0.25, 0.3) is 22.6 Å². The molecule has 0 spiro atoms. The van der Waals surface area contributed by atoms with E-state index in [2.05, 4.69) is 18.8 Å². The van der Waals surface area contributed by atoms with Gasteiger partial charge in [-0.05, 0) is 29.7 Å². The summed E-state index contributed by atoms with van der Waals surface area (Å²) in [7, 11) is 0. The van der Waals surface area contributed by atoms with Crippen LogP contribution in [-0.2, 0) is 0 Å². The molecule has 0 aliphatic carbocycles. The van der Waals surface area contributed by atoms with Gasteiger partial charge in [-0.1, -0.05) is 38.1 Å². The predicted octanol–water partition coefficient (Wildman–Crippen LogP) is 4.76.